The standard InChI is InChI=1S/C12H14Cl2FNO3S/c1-12(2,3)9(17)6-16-20(18,19)8-5-4-7(13)11(15)10(8)14/h4-5,16H,6H2,1-3H3. The summed E-state index contributed by atoms with van der Waals surface area (Å²) >= 11 is 11.1. The molecular formula is C12H14Cl2FNO3S. The fourth-order valence-electron chi connectivity index (χ4n) is 1.22. The van der Waals surface area contributed by atoms with E-state index < -0.39 is 37.7 Å². The van der Waals surface area contributed by atoms with Gasteiger partial charge in [-0.15, -0.1) is 0 Å². The van der Waals surface area contributed by atoms with Gasteiger partial charge in [-0.1, -0.05) is 44.0 Å². The molecule has 1 aromatic rings. The molecule has 112 valence electrons. The fraction of sp³-hybridized carbons (Fsp3) is 0.417. The van der Waals surface area contributed by atoms with Crippen LogP contribution in [0.3, 0.4) is 0 Å². The number of hydrogen-bond acceptors (Lipinski definition) is 3. The van der Waals surface area contributed by atoms with E-state index in [1.165, 1.54) is 0 Å². The Bertz CT molecular complexity index is 639. The van der Waals surface area contributed by atoms with Crippen LogP contribution in [0, 0.1) is 11.2 Å². The van der Waals surface area contributed by atoms with E-state index >= 15 is 0 Å². The Labute approximate surface area is 127 Å². The van der Waals surface area contributed by atoms with Crippen LogP contribution in [0.25, 0.3) is 0 Å². The zero-order chi connectivity index (χ0) is 15.7. The third kappa shape index (κ3) is 3.91. The first-order chi connectivity index (χ1) is 8.97. The normalized spacial score (nSPS) is 12.5. The Hall–Kier alpha value is -0.690. The highest BCUT2D eigenvalue weighted by atomic mass is 35.5. The van der Waals surface area contributed by atoms with E-state index in [4.69, 9.17) is 23.2 Å². The number of rotatable bonds is 4. The van der Waals surface area contributed by atoms with Gasteiger partial charge in [0.1, 0.15) is 4.90 Å². The fourth-order valence-corrected chi connectivity index (χ4v) is 2.94. The van der Waals surface area contributed by atoms with Crippen LogP contribution < -0.4 is 4.72 Å². The first-order valence-electron chi connectivity index (χ1n) is 5.63. The van der Waals surface area contributed by atoms with Crippen LogP contribution >= 0.6 is 23.2 Å². The lowest BCUT2D eigenvalue weighted by Crippen LogP contribution is -2.35. The van der Waals surface area contributed by atoms with Gasteiger partial charge < -0.3 is 0 Å². The van der Waals surface area contributed by atoms with Crippen molar-refractivity contribution in [2.45, 2.75) is 25.7 Å². The molecule has 0 spiro atoms. The second-order valence-corrected chi connectivity index (χ2v) is 7.69. The van der Waals surface area contributed by atoms with E-state index in [2.05, 4.69) is 4.72 Å². The van der Waals surface area contributed by atoms with Gasteiger partial charge >= 0.3 is 0 Å². The third-order valence-corrected chi connectivity index (χ3v) is 4.77. The van der Waals surface area contributed by atoms with E-state index in [-0.39, 0.29) is 10.8 Å². The maximum atomic E-state index is 13.5. The van der Waals surface area contributed by atoms with Gasteiger partial charge in [-0.2, -0.15) is 0 Å². The molecule has 0 amide bonds. The zero-order valence-corrected chi connectivity index (χ0v) is 13.5. The van der Waals surface area contributed by atoms with Crippen LogP contribution in [0.2, 0.25) is 10.0 Å². The van der Waals surface area contributed by atoms with Crippen molar-refractivity contribution in [2.75, 3.05) is 6.54 Å². The summed E-state index contributed by atoms with van der Waals surface area (Å²) in [6, 6.07) is 2.17. The molecule has 0 fully saturated rings. The minimum atomic E-state index is -4.09. The highest BCUT2D eigenvalue weighted by Crippen LogP contribution is 2.29. The van der Waals surface area contributed by atoms with Crippen molar-refractivity contribution in [3.8, 4) is 0 Å². The Morgan fingerprint density at radius 3 is 2.35 bits per heavy atom. The predicted octanol–water partition coefficient (Wildman–Crippen LogP) is 3.03. The summed E-state index contributed by atoms with van der Waals surface area (Å²) in [5, 5.41) is -0.882. The van der Waals surface area contributed by atoms with E-state index in [1.807, 2.05) is 0 Å². The number of carbonyl (C=O) groups excluding carboxylic acids is 1. The van der Waals surface area contributed by atoms with Crippen molar-refractivity contribution in [1.29, 1.82) is 0 Å². The number of ketones is 1. The average molecular weight is 342 g/mol. The Morgan fingerprint density at radius 2 is 1.85 bits per heavy atom. The van der Waals surface area contributed by atoms with Crippen molar-refractivity contribution in [3.05, 3.63) is 28.0 Å². The Balaban J connectivity index is 3.02. The SMILES string of the molecule is CC(C)(C)C(=O)CNS(=O)(=O)c1ccc(Cl)c(F)c1Cl. The predicted molar refractivity (Wildman–Crippen MR) is 76.1 cm³/mol. The largest absolute Gasteiger partial charge is 0.298 e. The molecule has 0 atom stereocenters. The lowest BCUT2D eigenvalue weighted by Gasteiger charge is -2.17. The molecule has 0 saturated heterocycles. The van der Waals surface area contributed by atoms with Gasteiger partial charge in [0.2, 0.25) is 10.0 Å². The summed E-state index contributed by atoms with van der Waals surface area (Å²) in [5.74, 6) is -1.31. The van der Waals surface area contributed by atoms with Crippen molar-refractivity contribution < 1.29 is 17.6 Å². The number of nitrogens with one attached hydrogen (secondary N) is 1. The van der Waals surface area contributed by atoms with Gasteiger partial charge in [0.25, 0.3) is 0 Å². The van der Waals surface area contributed by atoms with E-state index in [0.29, 0.717) is 0 Å². The Morgan fingerprint density at radius 1 is 1.30 bits per heavy atom. The molecule has 0 aliphatic carbocycles. The van der Waals surface area contributed by atoms with Crippen LogP contribution in [0.5, 0.6) is 0 Å². The summed E-state index contributed by atoms with van der Waals surface area (Å²) in [4.78, 5) is 11.2. The molecule has 1 aromatic carbocycles. The molecule has 0 unspecified atom stereocenters. The van der Waals surface area contributed by atoms with Crippen molar-refractivity contribution in [1.82, 2.24) is 4.72 Å². The summed E-state index contributed by atoms with van der Waals surface area (Å²) in [5.41, 5.74) is -0.683. The molecular weight excluding hydrogens is 328 g/mol. The molecule has 0 saturated carbocycles. The molecule has 0 heterocycles. The smallest absolute Gasteiger partial charge is 0.242 e. The van der Waals surface area contributed by atoms with Crippen LogP contribution in [0.4, 0.5) is 4.39 Å². The van der Waals surface area contributed by atoms with E-state index in [9.17, 15) is 17.6 Å². The number of hydrogen-bond donors (Lipinski definition) is 1. The number of Topliss-reactive ketones (excluding diaryl/α,β-unsaturated/α-hetero) is 1. The van der Waals surface area contributed by atoms with Gasteiger partial charge in [-0.05, 0) is 12.1 Å². The van der Waals surface area contributed by atoms with Gasteiger partial charge in [0.05, 0.1) is 16.6 Å². The van der Waals surface area contributed by atoms with Crippen LogP contribution in [-0.2, 0) is 14.8 Å². The summed E-state index contributed by atoms with van der Waals surface area (Å²) in [6.07, 6.45) is 0. The molecule has 1 rings (SSSR count). The molecule has 0 bridgehead atoms. The number of halogens is 3. The van der Waals surface area contributed by atoms with Crippen LogP contribution in [0.1, 0.15) is 20.8 Å². The number of sulfonamides is 1. The van der Waals surface area contributed by atoms with Crippen LogP contribution in [0.15, 0.2) is 17.0 Å². The minimum Gasteiger partial charge on any atom is -0.298 e. The van der Waals surface area contributed by atoms with E-state index in [1.54, 1.807) is 20.8 Å². The maximum Gasteiger partial charge on any atom is 0.242 e. The summed E-state index contributed by atoms with van der Waals surface area (Å²) < 4.78 is 39.6. The molecule has 0 aliphatic heterocycles. The summed E-state index contributed by atoms with van der Waals surface area (Å²) in [7, 11) is -4.09. The molecule has 4 nitrogen and oxygen atoms in total. The number of carbonyl (C=O) groups is 1. The van der Waals surface area contributed by atoms with Crippen molar-refractivity contribution in [2.24, 2.45) is 5.41 Å². The quantitative estimate of drug-likeness (QED) is 0.856. The van der Waals surface area contributed by atoms with Gasteiger partial charge in [-0.25, -0.2) is 17.5 Å². The van der Waals surface area contributed by atoms with E-state index in [0.717, 1.165) is 12.1 Å². The van der Waals surface area contributed by atoms with Crippen molar-refractivity contribution >= 4 is 39.0 Å². The minimum absolute atomic E-state index is 0.278. The van der Waals surface area contributed by atoms with Crippen LogP contribution in [-0.4, -0.2) is 20.7 Å². The lowest BCUT2D eigenvalue weighted by molar-refractivity contribution is -0.125. The summed E-state index contributed by atoms with van der Waals surface area (Å²) in [6.45, 7) is 4.60. The zero-order valence-electron chi connectivity index (χ0n) is 11.1. The second kappa shape index (κ2) is 5.97. The average Bonchev–Trinajstić information content (AvgIpc) is 2.31. The highest BCUT2D eigenvalue weighted by Gasteiger charge is 2.26. The maximum absolute atomic E-state index is 13.5. The molecule has 8 heteroatoms. The Kier molecular flexibility index (Phi) is 5.18. The lowest BCUT2D eigenvalue weighted by atomic mass is 9.91. The second-order valence-electron chi connectivity index (χ2n) is 5.17. The van der Waals surface area contributed by atoms with Gasteiger partial charge in [0, 0.05) is 5.41 Å². The first-order valence-corrected chi connectivity index (χ1v) is 7.87. The highest BCUT2D eigenvalue weighted by molar-refractivity contribution is 7.89. The van der Waals surface area contributed by atoms with Crippen molar-refractivity contribution in [3.63, 3.8) is 0 Å². The molecule has 0 radical (unpaired) electrons. The molecule has 1 N–H and O–H groups in total. The number of benzene rings is 1. The molecule has 0 aliphatic rings. The topological polar surface area (TPSA) is 63.2 Å². The first kappa shape index (κ1) is 17.4. The monoisotopic (exact) mass is 341 g/mol. The van der Waals surface area contributed by atoms with Gasteiger partial charge in [-0.3, -0.25) is 4.79 Å². The third-order valence-electron chi connectivity index (χ3n) is 2.55. The molecule has 20 heavy (non-hydrogen) atoms. The molecule has 0 aromatic heterocycles. The van der Waals surface area contributed by atoms with Gasteiger partial charge in [0.15, 0.2) is 11.6 Å².